The lowest BCUT2D eigenvalue weighted by Crippen LogP contribution is -2.43. The van der Waals surface area contributed by atoms with E-state index >= 15 is 0 Å². The number of phosphoric ester groups is 1. The monoisotopic (exact) mass is 529 g/mol. The molecule has 1 aromatic carbocycles. The summed E-state index contributed by atoms with van der Waals surface area (Å²) < 4.78 is 41.0. The predicted octanol–water partition coefficient (Wildman–Crippen LogP) is 1.85. The number of aliphatic hydroxyl groups is 1. The number of hydrogen-bond donors (Lipinski definition) is 2. The largest absolute Gasteiger partial charge is 0.478 e. The summed E-state index contributed by atoms with van der Waals surface area (Å²) in [4.78, 5) is 15.9. The normalized spacial score (nSPS) is 29.0. The van der Waals surface area contributed by atoms with E-state index in [4.69, 9.17) is 28.8 Å². The molecule has 5 rings (SSSR count). The first-order valence-electron chi connectivity index (χ1n) is 11.5. The van der Waals surface area contributed by atoms with Gasteiger partial charge in [0.1, 0.15) is 36.2 Å². The minimum absolute atomic E-state index is 0.144. The van der Waals surface area contributed by atoms with Gasteiger partial charge < -0.3 is 20.3 Å². The summed E-state index contributed by atoms with van der Waals surface area (Å²) in [6.07, 6.45) is -1.13. The van der Waals surface area contributed by atoms with Crippen molar-refractivity contribution in [2.75, 3.05) is 19.1 Å². The molecule has 13 nitrogen and oxygen atoms in total. The predicted molar refractivity (Wildman–Crippen MR) is 125 cm³/mol. The molecule has 3 N–H and O–H groups in total. The van der Waals surface area contributed by atoms with Crippen LogP contribution < -0.4 is 5.73 Å². The number of hydrogen-bond acceptors (Lipinski definition) is 12. The Balaban J connectivity index is 1.19. The van der Waals surface area contributed by atoms with Crippen LogP contribution >= 0.6 is 7.82 Å². The molecule has 2 saturated heterocycles. The molecule has 0 unspecified atom stereocenters. The van der Waals surface area contributed by atoms with E-state index in [0.717, 1.165) is 5.56 Å². The van der Waals surface area contributed by atoms with Crippen LogP contribution in [0.1, 0.15) is 24.1 Å². The average Bonchev–Trinajstić information content (AvgIpc) is 3.45. The van der Waals surface area contributed by atoms with Gasteiger partial charge in [0.15, 0.2) is 5.82 Å². The van der Waals surface area contributed by atoms with Gasteiger partial charge in [0, 0.05) is 6.42 Å². The second-order valence-corrected chi connectivity index (χ2v) is 10.1. The van der Waals surface area contributed by atoms with E-state index in [9.17, 15) is 19.7 Å². The number of benzene rings is 1. The fourth-order valence-corrected chi connectivity index (χ4v) is 5.64. The topological polar surface area (TPSA) is 181 Å². The number of carbonyl (C=O) groups excluding carboxylic acids is 1. The van der Waals surface area contributed by atoms with E-state index in [2.05, 4.69) is 10.1 Å². The first-order chi connectivity index (χ1) is 17.8. The lowest BCUT2D eigenvalue weighted by molar-refractivity contribution is -0.152. The molecule has 2 aromatic heterocycles. The molecule has 0 saturated carbocycles. The highest BCUT2D eigenvalue weighted by Crippen LogP contribution is 2.58. The van der Waals surface area contributed by atoms with Crippen molar-refractivity contribution in [3.8, 4) is 6.07 Å². The van der Waals surface area contributed by atoms with E-state index in [1.54, 1.807) is 6.07 Å². The number of aliphatic hydroxyl groups excluding tert-OH is 1. The minimum atomic E-state index is -4.23. The number of esters is 1. The summed E-state index contributed by atoms with van der Waals surface area (Å²) in [6.45, 7) is -0.966. The average molecular weight is 529 g/mol. The van der Waals surface area contributed by atoms with Gasteiger partial charge >= 0.3 is 13.8 Å². The third kappa shape index (κ3) is 4.83. The second kappa shape index (κ2) is 10.2. The number of aryl methyl sites for hydroxylation is 1. The molecule has 37 heavy (non-hydrogen) atoms. The van der Waals surface area contributed by atoms with E-state index in [1.807, 2.05) is 36.4 Å². The SMILES string of the molecule is N#C[C@@]1(c2ccc3c(N)ncnn23)O[C@@H]2CO[P@](=O)(OCOC(=O)CCCc3ccccc3)O[C@H]2[C@H]1O. The molecular formula is C23H24N5O8P. The summed E-state index contributed by atoms with van der Waals surface area (Å²) in [6, 6.07) is 14.8. The van der Waals surface area contributed by atoms with Gasteiger partial charge in [-0.2, -0.15) is 10.4 Å². The Morgan fingerprint density at radius 3 is 2.92 bits per heavy atom. The van der Waals surface area contributed by atoms with Gasteiger partial charge in [-0.25, -0.2) is 18.6 Å². The van der Waals surface area contributed by atoms with E-state index in [-0.39, 0.29) is 24.5 Å². The number of aromatic nitrogens is 3. The Morgan fingerprint density at radius 2 is 2.14 bits per heavy atom. The third-order valence-electron chi connectivity index (χ3n) is 6.23. The Labute approximate surface area is 211 Å². The van der Waals surface area contributed by atoms with E-state index < -0.39 is 44.5 Å². The molecule has 194 valence electrons. The van der Waals surface area contributed by atoms with Crippen molar-refractivity contribution >= 4 is 25.1 Å². The van der Waals surface area contributed by atoms with Crippen LogP contribution in [0.5, 0.6) is 0 Å². The Kier molecular flexibility index (Phi) is 6.96. The number of nitrogen functional groups attached to an aromatic ring is 1. The number of fused-ring (bicyclic) bond motifs is 2. The van der Waals surface area contributed by atoms with E-state index in [0.29, 0.717) is 18.4 Å². The van der Waals surface area contributed by atoms with Crippen molar-refractivity contribution in [3.05, 3.63) is 60.0 Å². The summed E-state index contributed by atoms with van der Waals surface area (Å²) in [7, 11) is -4.23. The molecule has 2 aliphatic heterocycles. The number of carbonyl (C=O) groups is 1. The molecule has 0 bridgehead atoms. The number of anilines is 1. The molecule has 3 aromatic rings. The third-order valence-corrected chi connectivity index (χ3v) is 7.62. The molecule has 14 heteroatoms. The lowest BCUT2D eigenvalue weighted by Gasteiger charge is -2.30. The highest BCUT2D eigenvalue weighted by atomic mass is 31.2. The van der Waals surface area contributed by atoms with Gasteiger partial charge in [-0.3, -0.25) is 13.8 Å². The van der Waals surface area contributed by atoms with Crippen LogP contribution in [0.4, 0.5) is 5.82 Å². The van der Waals surface area contributed by atoms with Crippen molar-refractivity contribution in [1.29, 1.82) is 5.26 Å². The summed E-state index contributed by atoms with van der Waals surface area (Å²) in [5, 5.41) is 25.2. The molecule has 0 radical (unpaired) electrons. The maximum atomic E-state index is 13.0. The summed E-state index contributed by atoms with van der Waals surface area (Å²) in [5.41, 5.74) is 5.64. The Hall–Kier alpha value is -3.37. The zero-order valence-corrected chi connectivity index (χ0v) is 20.4. The van der Waals surface area contributed by atoms with Crippen molar-refractivity contribution in [2.45, 2.75) is 43.2 Å². The fourth-order valence-electron chi connectivity index (χ4n) is 4.38. The molecule has 2 aliphatic rings. The number of ether oxygens (including phenoxy) is 2. The van der Waals surface area contributed by atoms with Crippen LogP contribution in [-0.2, 0) is 44.4 Å². The van der Waals surface area contributed by atoms with Gasteiger partial charge in [-0.05, 0) is 30.5 Å². The van der Waals surface area contributed by atoms with Crippen LogP contribution in [0, 0.1) is 11.3 Å². The highest BCUT2D eigenvalue weighted by Gasteiger charge is 2.62. The number of nitrogens with two attached hydrogens (primary N) is 1. The van der Waals surface area contributed by atoms with Crippen LogP contribution in [0.3, 0.4) is 0 Å². The van der Waals surface area contributed by atoms with Crippen LogP contribution in [0.2, 0.25) is 0 Å². The number of phosphoric acid groups is 1. The lowest BCUT2D eigenvalue weighted by atomic mass is 9.92. The van der Waals surface area contributed by atoms with Crippen LogP contribution in [0.15, 0.2) is 48.8 Å². The van der Waals surface area contributed by atoms with Gasteiger partial charge in [0.25, 0.3) is 0 Å². The van der Waals surface area contributed by atoms with Gasteiger partial charge in [-0.15, -0.1) is 0 Å². The maximum Gasteiger partial charge on any atom is 0.478 e. The van der Waals surface area contributed by atoms with Crippen molar-refractivity contribution in [1.82, 2.24) is 14.6 Å². The standard InChI is InChI=1S/C23H24N5O8P/c24-12-23(18-10-9-16-22(25)26-13-27-28(16)18)21(30)20-17(35-23)11-33-37(31,36-20)34-14-32-19(29)8-4-7-15-5-2-1-3-6-15/h1-3,5-6,9-10,13,17,20-21,30H,4,7-8,11,14H2,(H2,25,26,27)/t17-,20-,21-,23+,37-/m1/s1. The number of rotatable bonds is 8. The van der Waals surface area contributed by atoms with Gasteiger partial charge in [0.2, 0.25) is 12.4 Å². The number of nitriles is 1. The zero-order valence-electron chi connectivity index (χ0n) is 19.5. The highest BCUT2D eigenvalue weighted by molar-refractivity contribution is 7.48. The molecule has 5 atom stereocenters. The summed E-state index contributed by atoms with van der Waals surface area (Å²) >= 11 is 0. The minimum Gasteiger partial charge on any atom is -0.438 e. The molecule has 0 aliphatic carbocycles. The molecule has 0 amide bonds. The smallest absolute Gasteiger partial charge is 0.438 e. The second-order valence-electron chi connectivity index (χ2n) is 8.52. The van der Waals surface area contributed by atoms with Gasteiger partial charge in [-0.1, -0.05) is 30.3 Å². The van der Waals surface area contributed by atoms with E-state index in [1.165, 1.54) is 16.9 Å². The fraction of sp³-hybridized carbons (Fsp3) is 0.391. The first-order valence-corrected chi connectivity index (χ1v) is 12.9. The number of nitrogens with zero attached hydrogens (tertiary/aromatic N) is 4. The first kappa shape index (κ1) is 25.3. The Bertz CT molecular complexity index is 1380. The quantitative estimate of drug-likeness (QED) is 0.246. The van der Waals surface area contributed by atoms with Gasteiger partial charge in [0.05, 0.1) is 12.3 Å². The molecule has 2 fully saturated rings. The maximum absolute atomic E-state index is 13.0. The molecular weight excluding hydrogens is 505 g/mol. The van der Waals surface area contributed by atoms with Crippen LogP contribution in [0.25, 0.3) is 5.52 Å². The van der Waals surface area contributed by atoms with Crippen molar-refractivity contribution in [2.24, 2.45) is 0 Å². The van der Waals surface area contributed by atoms with Crippen molar-refractivity contribution in [3.63, 3.8) is 0 Å². The molecule has 0 spiro atoms. The summed E-state index contributed by atoms with van der Waals surface area (Å²) in [5.74, 6) is -0.363. The van der Waals surface area contributed by atoms with Crippen LogP contribution in [-0.4, -0.2) is 57.4 Å². The molecule has 4 heterocycles. The van der Waals surface area contributed by atoms with Crippen molar-refractivity contribution < 1.29 is 37.5 Å². The Morgan fingerprint density at radius 1 is 1.32 bits per heavy atom. The zero-order chi connectivity index (χ0) is 26.0.